The van der Waals surface area contributed by atoms with E-state index in [9.17, 15) is 4.79 Å². The van der Waals surface area contributed by atoms with Gasteiger partial charge < -0.3 is 10.2 Å². The molecule has 1 aromatic rings. The first-order chi connectivity index (χ1) is 9.70. The average molecular weight is 276 g/mol. The number of carbonyl (C=O) groups excluding carboxylic acids is 1. The van der Waals surface area contributed by atoms with Crippen LogP contribution in [0.4, 0.5) is 5.82 Å². The van der Waals surface area contributed by atoms with Gasteiger partial charge in [-0.2, -0.15) is 0 Å². The zero-order chi connectivity index (χ0) is 14.4. The van der Waals surface area contributed by atoms with Crippen LogP contribution in [0.5, 0.6) is 0 Å². The highest BCUT2D eigenvalue weighted by atomic mass is 16.1. The van der Waals surface area contributed by atoms with Crippen LogP contribution in [-0.2, 0) is 0 Å². The summed E-state index contributed by atoms with van der Waals surface area (Å²) in [5.74, 6) is 1.44. The highest BCUT2D eigenvalue weighted by Gasteiger charge is 2.18. The second-order valence-corrected chi connectivity index (χ2v) is 5.56. The van der Waals surface area contributed by atoms with Crippen LogP contribution in [0.15, 0.2) is 12.4 Å². The van der Waals surface area contributed by atoms with Gasteiger partial charge in [-0.15, -0.1) is 0 Å². The van der Waals surface area contributed by atoms with Crippen LogP contribution in [0.2, 0.25) is 0 Å². The molecule has 0 spiro atoms. The van der Waals surface area contributed by atoms with Crippen molar-refractivity contribution in [3.63, 3.8) is 0 Å². The number of hydrogen-bond acceptors (Lipinski definition) is 4. The predicted octanol–water partition coefficient (Wildman–Crippen LogP) is 2.24. The van der Waals surface area contributed by atoms with Crippen molar-refractivity contribution in [1.82, 2.24) is 15.3 Å². The van der Waals surface area contributed by atoms with E-state index in [1.807, 2.05) is 0 Å². The van der Waals surface area contributed by atoms with Crippen LogP contribution >= 0.6 is 0 Å². The topological polar surface area (TPSA) is 58.1 Å². The van der Waals surface area contributed by atoms with E-state index in [1.54, 1.807) is 12.4 Å². The number of aromatic nitrogens is 2. The molecule has 0 bridgehead atoms. The molecule has 1 amide bonds. The minimum absolute atomic E-state index is 0.135. The lowest BCUT2D eigenvalue weighted by atomic mass is 10.0. The monoisotopic (exact) mass is 276 g/mol. The lowest BCUT2D eigenvalue weighted by Crippen LogP contribution is -2.35. The Morgan fingerprint density at radius 1 is 1.45 bits per heavy atom. The van der Waals surface area contributed by atoms with Crippen molar-refractivity contribution < 1.29 is 4.79 Å². The zero-order valence-corrected chi connectivity index (χ0v) is 12.4. The molecule has 1 N–H and O–H groups in total. The minimum Gasteiger partial charge on any atom is -0.355 e. The highest BCUT2D eigenvalue weighted by molar-refractivity contribution is 5.91. The molecule has 20 heavy (non-hydrogen) atoms. The van der Waals surface area contributed by atoms with E-state index in [0.29, 0.717) is 18.2 Å². The summed E-state index contributed by atoms with van der Waals surface area (Å²) in [4.78, 5) is 22.7. The Hall–Kier alpha value is -1.65. The Morgan fingerprint density at radius 3 is 2.95 bits per heavy atom. The van der Waals surface area contributed by atoms with Crippen molar-refractivity contribution >= 4 is 11.7 Å². The Labute approximate surface area is 120 Å². The van der Waals surface area contributed by atoms with Crippen molar-refractivity contribution in [2.75, 3.05) is 24.5 Å². The molecule has 1 aliphatic heterocycles. The third kappa shape index (κ3) is 3.92. The third-order valence-electron chi connectivity index (χ3n) is 3.67. The number of hydrogen-bond donors (Lipinski definition) is 1. The maximum absolute atomic E-state index is 11.8. The van der Waals surface area contributed by atoms with Gasteiger partial charge in [0.15, 0.2) is 0 Å². The zero-order valence-electron chi connectivity index (χ0n) is 12.4. The molecule has 1 fully saturated rings. The van der Waals surface area contributed by atoms with Gasteiger partial charge in [0.05, 0.1) is 12.4 Å². The summed E-state index contributed by atoms with van der Waals surface area (Å²) < 4.78 is 0. The van der Waals surface area contributed by atoms with Crippen LogP contribution < -0.4 is 10.2 Å². The molecule has 1 aromatic heterocycles. The van der Waals surface area contributed by atoms with Crippen molar-refractivity contribution in [3.05, 3.63) is 18.1 Å². The normalized spacial score (nSPS) is 18.9. The number of unbranched alkanes of at least 4 members (excludes halogenated alkanes) is 1. The number of carbonyl (C=O) groups is 1. The molecule has 1 unspecified atom stereocenters. The maximum Gasteiger partial charge on any atom is 0.271 e. The molecule has 1 aliphatic rings. The van der Waals surface area contributed by atoms with Crippen molar-refractivity contribution in [2.45, 2.75) is 39.5 Å². The Morgan fingerprint density at radius 2 is 2.30 bits per heavy atom. The van der Waals surface area contributed by atoms with Crippen molar-refractivity contribution in [2.24, 2.45) is 5.92 Å². The lowest BCUT2D eigenvalue weighted by molar-refractivity contribution is 0.0948. The molecular weight excluding hydrogens is 252 g/mol. The molecular formula is C15H24N4O. The first-order valence-corrected chi connectivity index (χ1v) is 7.56. The number of nitrogens with zero attached hydrogens (tertiary/aromatic N) is 3. The van der Waals surface area contributed by atoms with E-state index in [2.05, 4.69) is 34.0 Å². The van der Waals surface area contributed by atoms with Gasteiger partial charge in [-0.25, -0.2) is 9.97 Å². The molecule has 1 atom stereocenters. The third-order valence-corrected chi connectivity index (χ3v) is 3.67. The largest absolute Gasteiger partial charge is 0.355 e. The van der Waals surface area contributed by atoms with E-state index in [-0.39, 0.29) is 5.91 Å². The smallest absolute Gasteiger partial charge is 0.271 e. The lowest BCUT2D eigenvalue weighted by Gasteiger charge is -2.31. The van der Waals surface area contributed by atoms with E-state index < -0.39 is 0 Å². The summed E-state index contributed by atoms with van der Waals surface area (Å²) in [5, 5.41) is 2.85. The van der Waals surface area contributed by atoms with Crippen LogP contribution in [0.3, 0.4) is 0 Å². The fraction of sp³-hybridized carbons (Fsp3) is 0.667. The average Bonchev–Trinajstić information content (AvgIpc) is 2.47. The summed E-state index contributed by atoms with van der Waals surface area (Å²) in [6.45, 7) is 7.11. The fourth-order valence-corrected chi connectivity index (χ4v) is 2.47. The predicted molar refractivity (Wildman–Crippen MR) is 79.9 cm³/mol. The number of anilines is 1. The highest BCUT2D eigenvalue weighted by Crippen LogP contribution is 2.20. The van der Waals surface area contributed by atoms with E-state index >= 15 is 0 Å². The van der Waals surface area contributed by atoms with Gasteiger partial charge in [0, 0.05) is 19.6 Å². The summed E-state index contributed by atoms with van der Waals surface area (Å²) in [7, 11) is 0. The van der Waals surface area contributed by atoms with Gasteiger partial charge in [0.2, 0.25) is 0 Å². The first-order valence-electron chi connectivity index (χ1n) is 7.56. The molecule has 5 nitrogen and oxygen atoms in total. The van der Waals surface area contributed by atoms with Gasteiger partial charge in [0.25, 0.3) is 5.91 Å². The van der Waals surface area contributed by atoms with Crippen LogP contribution in [0.1, 0.15) is 50.0 Å². The molecule has 0 saturated carbocycles. The first kappa shape index (κ1) is 14.8. The molecule has 2 heterocycles. The summed E-state index contributed by atoms with van der Waals surface area (Å²) in [5.41, 5.74) is 0.398. The molecule has 5 heteroatoms. The molecule has 0 radical (unpaired) electrons. The van der Waals surface area contributed by atoms with Gasteiger partial charge >= 0.3 is 0 Å². The SMILES string of the molecule is CCCCNC(=O)c1cnc(N2CCCC(C)C2)cn1. The Kier molecular flexibility index (Phi) is 5.32. The quantitative estimate of drug-likeness (QED) is 0.838. The number of nitrogens with one attached hydrogen (secondary N) is 1. The van der Waals surface area contributed by atoms with Crippen molar-refractivity contribution in [3.8, 4) is 0 Å². The van der Waals surface area contributed by atoms with Gasteiger partial charge in [-0.05, 0) is 25.2 Å². The van der Waals surface area contributed by atoms with E-state index in [0.717, 1.165) is 31.7 Å². The fourth-order valence-electron chi connectivity index (χ4n) is 2.47. The van der Waals surface area contributed by atoms with Crippen LogP contribution in [-0.4, -0.2) is 35.5 Å². The van der Waals surface area contributed by atoms with Crippen LogP contribution in [0, 0.1) is 5.92 Å². The number of amides is 1. The van der Waals surface area contributed by atoms with E-state index in [4.69, 9.17) is 0 Å². The summed E-state index contributed by atoms with van der Waals surface area (Å²) in [6, 6.07) is 0. The molecule has 110 valence electrons. The number of rotatable bonds is 5. The second kappa shape index (κ2) is 7.22. The van der Waals surface area contributed by atoms with E-state index in [1.165, 1.54) is 12.8 Å². The maximum atomic E-state index is 11.8. The molecule has 2 rings (SSSR count). The van der Waals surface area contributed by atoms with Gasteiger partial charge in [0.1, 0.15) is 11.5 Å². The van der Waals surface area contributed by atoms with Gasteiger partial charge in [-0.1, -0.05) is 20.3 Å². The summed E-state index contributed by atoms with van der Waals surface area (Å²) >= 11 is 0. The van der Waals surface area contributed by atoms with Gasteiger partial charge in [-0.3, -0.25) is 4.79 Å². The molecule has 0 aromatic carbocycles. The Bertz CT molecular complexity index is 432. The number of piperidine rings is 1. The summed E-state index contributed by atoms with van der Waals surface area (Å²) in [6.07, 6.45) is 7.83. The van der Waals surface area contributed by atoms with Crippen LogP contribution in [0.25, 0.3) is 0 Å². The molecule has 1 saturated heterocycles. The standard InChI is InChI=1S/C15H24N4O/c1-3-4-7-16-15(20)13-9-18-14(10-17-13)19-8-5-6-12(2)11-19/h9-10,12H,3-8,11H2,1-2H3,(H,16,20). The van der Waals surface area contributed by atoms with Crippen molar-refractivity contribution in [1.29, 1.82) is 0 Å². The Balaban J connectivity index is 1.93. The second-order valence-electron chi connectivity index (χ2n) is 5.56. The minimum atomic E-state index is -0.135. The molecule has 0 aliphatic carbocycles.